The number of benzene rings is 2. The van der Waals surface area contributed by atoms with Gasteiger partial charge < -0.3 is 15.2 Å². The van der Waals surface area contributed by atoms with Crippen LogP contribution >= 0.6 is 35.3 Å². The molecule has 0 spiro atoms. The minimum Gasteiger partial charge on any atom is -0.456 e. The second-order valence-corrected chi connectivity index (χ2v) is 12.5. The number of thiophene rings is 1. The molecule has 1 aliphatic heterocycles. The Morgan fingerprint density at radius 1 is 1.15 bits per heavy atom. The number of hydrogen-bond donors (Lipinski definition) is 2. The van der Waals surface area contributed by atoms with Gasteiger partial charge in [0.05, 0.1) is 17.1 Å². The fourth-order valence-electron chi connectivity index (χ4n) is 3.81. The third-order valence-corrected chi connectivity index (χ3v) is 7.94. The lowest BCUT2D eigenvalue weighted by atomic mass is 10.0. The van der Waals surface area contributed by atoms with E-state index in [1.165, 1.54) is 28.4 Å². The Balaban J connectivity index is 1.35. The van der Waals surface area contributed by atoms with Gasteiger partial charge in [-0.25, -0.2) is 9.18 Å². The molecule has 4 rings (SSSR count). The molecule has 3 aromatic rings. The van der Waals surface area contributed by atoms with E-state index in [9.17, 15) is 23.9 Å². The van der Waals surface area contributed by atoms with Gasteiger partial charge in [0.2, 0.25) is 5.91 Å². The van der Waals surface area contributed by atoms with Crippen LogP contribution in [-0.2, 0) is 20.9 Å². The summed E-state index contributed by atoms with van der Waals surface area (Å²) in [5.41, 5.74) is 2.22. The zero-order valence-corrected chi connectivity index (χ0v) is 24.5. The lowest BCUT2D eigenvalue weighted by molar-refractivity contribution is -0.122. The highest BCUT2D eigenvalue weighted by atomic mass is 32.2. The van der Waals surface area contributed by atoms with Crippen LogP contribution in [0.3, 0.4) is 0 Å². The molecule has 2 amide bonds. The molecule has 1 fully saturated rings. The zero-order chi connectivity index (χ0) is 29.0. The van der Waals surface area contributed by atoms with E-state index >= 15 is 0 Å². The molecule has 2 aromatic carbocycles. The van der Waals surface area contributed by atoms with Crippen LogP contribution in [0.2, 0.25) is 0 Å². The molecule has 2 N–H and O–H groups in total. The van der Waals surface area contributed by atoms with Crippen molar-refractivity contribution < 1.29 is 28.6 Å². The van der Waals surface area contributed by atoms with Crippen LogP contribution in [-0.4, -0.2) is 44.3 Å². The van der Waals surface area contributed by atoms with E-state index in [4.69, 9.17) is 17.0 Å². The van der Waals surface area contributed by atoms with Gasteiger partial charge in [0.1, 0.15) is 15.7 Å². The van der Waals surface area contributed by atoms with Crippen LogP contribution in [0, 0.1) is 5.82 Å². The molecule has 0 bridgehead atoms. The van der Waals surface area contributed by atoms with E-state index in [0.29, 0.717) is 31.6 Å². The van der Waals surface area contributed by atoms with E-state index in [-0.39, 0.29) is 31.4 Å². The van der Waals surface area contributed by atoms with E-state index in [1.807, 2.05) is 11.4 Å². The summed E-state index contributed by atoms with van der Waals surface area (Å²) in [7, 11) is 0. The number of carbonyl (C=O) groups excluding carboxylic acids is 3. The molecule has 7 nitrogen and oxygen atoms in total. The van der Waals surface area contributed by atoms with Crippen molar-refractivity contribution in [2.24, 2.45) is 0 Å². The molecule has 1 aromatic heterocycles. The number of thioether (sulfide) groups is 1. The fourth-order valence-corrected chi connectivity index (χ4v) is 6.02. The molecular formula is C29H27FN2O5S3. The highest BCUT2D eigenvalue weighted by Crippen LogP contribution is 2.36. The number of rotatable bonds is 8. The quantitative estimate of drug-likeness (QED) is 0.180. The Morgan fingerprint density at radius 3 is 2.55 bits per heavy atom. The number of ether oxygens (including phenoxy) is 1. The molecule has 1 aliphatic rings. The summed E-state index contributed by atoms with van der Waals surface area (Å²) in [5, 5.41) is 14.2. The summed E-state index contributed by atoms with van der Waals surface area (Å²) < 4.78 is 19.5. The Bertz CT molecular complexity index is 1490. The van der Waals surface area contributed by atoms with Gasteiger partial charge in [-0.2, -0.15) is 0 Å². The average Bonchev–Trinajstić information content (AvgIpc) is 3.46. The van der Waals surface area contributed by atoms with Gasteiger partial charge >= 0.3 is 5.97 Å². The van der Waals surface area contributed by atoms with Crippen LogP contribution in [0.15, 0.2) is 58.8 Å². The first kappa shape index (κ1) is 29.6. The van der Waals surface area contributed by atoms with Crippen molar-refractivity contribution >= 4 is 69.2 Å². The number of halogens is 1. The van der Waals surface area contributed by atoms with Gasteiger partial charge in [0.25, 0.3) is 5.91 Å². The SMILES string of the molecule is CC(C)(C)OC(=O)c1ccc(NC(=O)CCN2C(=O)/C(=C/c3cc(-c4cc(F)ccc4CO)cs3)SC2=S)cc1. The molecule has 40 heavy (non-hydrogen) atoms. The van der Waals surface area contributed by atoms with Crippen LogP contribution in [0.5, 0.6) is 0 Å². The summed E-state index contributed by atoms with van der Waals surface area (Å²) in [6.45, 7) is 5.26. The summed E-state index contributed by atoms with van der Waals surface area (Å²) in [6.07, 6.45) is 1.75. The van der Waals surface area contributed by atoms with E-state index in [0.717, 1.165) is 22.2 Å². The second kappa shape index (κ2) is 12.4. The molecule has 0 radical (unpaired) electrons. The largest absolute Gasteiger partial charge is 0.456 e. The van der Waals surface area contributed by atoms with Crippen LogP contribution in [0.1, 0.15) is 48.0 Å². The predicted octanol–water partition coefficient (Wildman–Crippen LogP) is 6.23. The summed E-state index contributed by atoms with van der Waals surface area (Å²) >= 11 is 7.92. The van der Waals surface area contributed by atoms with Crippen LogP contribution in [0.4, 0.5) is 10.1 Å². The predicted molar refractivity (Wildman–Crippen MR) is 160 cm³/mol. The van der Waals surface area contributed by atoms with Gasteiger partial charge in [-0.15, -0.1) is 11.3 Å². The van der Waals surface area contributed by atoms with Crippen molar-refractivity contribution in [2.45, 2.75) is 39.4 Å². The zero-order valence-electron chi connectivity index (χ0n) is 22.0. The molecule has 0 saturated carbocycles. The smallest absolute Gasteiger partial charge is 0.338 e. The number of thiocarbonyl (C=S) groups is 1. The van der Waals surface area contributed by atoms with Crippen LogP contribution in [0.25, 0.3) is 17.2 Å². The van der Waals surface area contributed by atoms with Crippen molar-refractivity contribution in [1.29, 1.82) is 0 Å². The van der Waals surface area contributed by atoms with Gasteiger partial charge in [-0.1, -0.05) is 30.0 Å². The second-order valence-electron chi connectivity index (χ2n) is 9.91. The Labute approximate surface area is 245 Å². The number of aliphatic hydroxyl groups excluding tert-OH is 1. The summed E-state index contributed by atoms with van der Waals surface area (Å²) in [6, 6.07) is 12.4. The van der Waals surface area contributed by atoms with Gasteiger partial charge in [0.15, 0.2) is 0 Å². The lowest BCUT2D eigenvalue weighted by Crippen LogP contribution is -2.31. The van der Waals surface area contributed by atoms with Crippen molar-refractivity contribution in [3.05, 3.63) is 80.6 Å². The first-order chi connectivity index (χ1) is 18.9. The number of amides is 2. The van der Waals surface area contributed by atoms with Gasteiger partial charge in [0, 0.05) is 23.5 Å². The Hall–Kier alpha value is -3.38. The van der Waals surface area contributed by atoms with Gasteiger partial charge in [-0.3, -0.25) is 14.5 Å². The molecule has 1 saturated heterocycles. The minimum absolute atomic E-state index is 0.0280. The summed E-state index contributed by atoms with van der Waals surface area (Å²) in [5.74, 6) is -1.44. The van der Waals surface area contributed by atoms with Crippen molar-refractivity contribution in [2.75, 3.05) is 11.9 Å². The highest BCUT2D eigenvalue weighted by Gasteiger charge is 2.32. The number of aliphatic hydroxyl groups is 1. The standard InChI is InChI=1S/C29H27FN2O5S3/c1-29(2,3)37-27(36)17-5-8-21(9-6-17)31-25(34)10-11-32-26(35)24(40-28(32)38)14-22-12-19(16-39-22)23-13-20(30)7-4-18(23)15-33/h4-9,12-14,16,33H,10-11,15H2,1-3H3,(H,31,34)/b24-14-. The van der Waals surface area contributed by atoms with E-state index in [1.54, 1.807) is 57.2 Å². The molecular weight excluding hydrogens is 572 g/mol. The maximum atomic E-state index is 13.8. The minimum atomic E-state index is -0.606. The Kier molecular flexibility index (Phi) is 9.19. The number of nitrogens with zero attached hydrogens (tertiary/aromatic N) is 1. The maximum Gasteiger partial charge on any atom is 0.338 e. The molecule has 2 heterocycles. The number of anilines is 1. The molecule has 0 aliphatic carbocycles. The average molecular weight is 599 g/mol. The number of nitrogens with one attached hydrogen (secondary N) is 1. The summed E-state index contributed by atoms with van der Waals surface area (Å²) in [4.78, 5) is 40.3. The molecule has 208 valence electrons. The first-order valence-corrected chi connectivity index (χ1v) is 14.4. The van der Waals surface area contributed by atoms with E-state index < -0.39 is 17.4 Å². The monoisotopic (exact) mass is 598 g/mol. The Morgan fingerprint density at radius 2 is 1.88 bits per heavy atom. The molecule has 11 heteroatoms. The highest BCUT2D eigenvalue weighted by molar-refractivity contribution is 8.26. The molecule has 0 atom stereocenters. The number of carbonyl (C=O) groups is 3. The van der Waals surface area contributed by atoms with Gasteiger partial charge in [-0.05, 0) is 91.4 Å². The van der Waals surface area contributed by atoms with Crippen molar-refractivity contribution in [3.63, 3.8) is 0 Å². The third kappa shape index (κ3) is 7.42. The maximum absolute atomic E-state index is 13.8. The van der Waals surface area contributed by atoms with Crippen molar-refractivity contribution in [1.82, 2.24) is 4.90 Å². The van der Waals surface area contributed by atoms with Crippen molar-refractivity contribution in [3.8, 4) is 11.1 Å². The normalized spacial score (nSPS) is 14.6. The molecule has 0 unspecified atom stereocenters. The number of hydrogen-bond acceptors (Lipinski definition) is 8. The topological polar surface area (TPSA) is 95.9 Å². The van der Waals surface area contributed by atoms with E-state index in [2.05, 4.69) is 5.32 Å². The van der Waals surface area contributed by atoms with Crippen LogP contribution < -0.4 is 5.32 Å². The fraction of sp³-hybridized carbons (Fsp3) is 0.241. The first-order valence-electron chi connectivity index (χ1n) is 12.3. The number of esters is 1. The third-order valence-electron chi connectivity index (χ3n) is 5.69. The lowest BCUT2D eigenvalue weighted by Gasteiger charge is -2.19.